The maximum atomic E-state index is 12.3. The Bertz CT molecular complexity index is 474. The van der Waals surface area contributed by atoms with Crippen molar-refractivity contribution in [1.29, 1.82) is 0 Å². The molecule has 0 radical (unpaired) electrons. The van der Waals surface area contributed by atoms with Crippen molar-refractivity contribution in [3.63, 3.8) is 0 Å². The highest BCUT2D eigenvalue weighted by atomic mass is 79.9. The minimum Gasteiger partial charge on any atom is -0.396 e. The fraction of sp³-hybridized carbons (Fsp3) is 0.562. The molecule has 1 aromatic carbocycles. The molecule has 0 spiro atoms. The van der Waals surface area contributed by atoms with Gasteiger partial charge in [-0.3, -0.25) is 4.79 Å². The first-order valence-electron chi connectivity index (χ1n) is 7.17. The van der Waals surface area contributed by atoms with Crippen LogP contribution < -0.4 is 5.32 Å². The quantitative estimate of drug-likeness (QED) is 0.835. The van der Waals surface area contributed by atoms with Crippen LogP contribution >= 0.6 is 15.9 Å². The van der Waals surface area contributed by atoms with Crippen LogP contribution in [0.25, 0.3) is 0 Å². The highest BCUT2D eigenvalue weighted by molar-refractivity contribution is 9.10. The normalized spacial score (nSPS) is 24.0. The van der Waals surface area contributed by atoms with E-state index in [-0.39, 0.29) is 24.0 Å². The van der Waals surface area contributed by atoms with Gasteiger partial charge in [-0.2, -0.15) is 0 Å². The van der Waals surface area contributed by atoms with Gasteiger partial charge in [-0.15, -0.1) is 0 Å². The van der Waals surface area contributed by atoms with Crippen molar-refractivity contribution >= 4 is 21.8 Å². The summed E-state index contributed by atoms with van der Waals surface area (Å²) in [6, 6.07) is 8.19. The molecule has 0 bridgehead atoms. The van der Waals surface area contributed by atoms with E-state index < -0.39 is 0 Å². The third kappa shape index (κ3) is 3.61. The van der Waals surface area contributed by atoms with E-state index in [9.17, 15) is 4.79 Å². The van der Waals surface area contributed by atoms with E-state index in [0.29, 0.717) is 12.3 Å². The summed E-state index contributed by atoms with van der Waals surface area (Å²) in [4.78, 5) is 12.3. The number of rotatable bonds is 6. The van der Waals surface area contributed by atoms with Gasteiger partial charge in [0.05, 0.1) is 0 Å². The molecule has 3 nitrogen and oxygen atoms in total. The third-order valence-corrected chi connectivity index (χ3v) is 4.82. The van der Waals surface area contributed by atoms with Gasteiger partial charge in [0.25, 0.3) is 0 Å². The average Bonchev–Trinajstić information content (AvgIpc) is 3.20. The Labute approximate surface area is 128 Å². The van der Waals surface area contributed by atoms with Crippen molar-refractivity contribution < 1.29 is 9.90 Å². The van der Waals surface area contributed by atoms with Crippen LogP contribution in [-0.4, -0.2) is 23.2 Å². The molecule has 3 unspecified atom stereocenters. The zero-order valence-electron chi connectivity index (χ0n) is 12.0. The van der Waals surface area contributed by atoms with Crippen LogP contribution in [0.4, 0.5) is 0 Å². The molecular formula is C16H22BrNO2. The summed E-state index contributed by atoms with van der Waals surface area (Å²) in [6.45, 7) is 4.14. The zero-order valence-corrected chi connectivity index (χ0v) is 13.6. The van der Waals surface area contributed by atoms with Crippen LogP contribution in [0.2, 0.25) is 0 Å². The molecule has 0 aromatic heterocycles. The summed E-state index contributed by atoms with van der Waals surface area (Å²) < 4.78 is 1.06. The second-order valence-electron chi connectivity index (χ2n) is 5.88. The summed E-state index contributed by atoms with van der Waals surface area (Å²) >= 11 is 3.42. The van der Waals surface area contributed by atoms with Crippen LogP contribution in [0, 0.1) is 5.92 Å². The lowest BCUT2D eigenvalue weighted by molar-refractivity contribution is -0.124. The first-order chi connectivity index (χ1) is 9.49. The number of nitrogens with one attached hydrogen (secondary N) is 1. The molecule has 110 valence electrons. The van der Waals surface area contributed by atoms with Crippen molar-refractivity contribution in [1.82, 2.24) is 5.32 Å². The lowest BCUT2D eigenvalue weighted by Gasteiger charge is -2.29. The summed E-state index contributed by atoms with van der Waals surface area (Å²) in [5.74, 6) is 0.551. The molecule has 1 saturated carbocycles. The van der Waals surface area contributed by atoms with Crippen molar-refractivity contribution in [2.45, 2.75) is 44.6 Å². The van der Waals surface area contributed by atoms with Crippen LogP contribution in [0.1, 0.15) is 44.6 Å². The Kier molecular flexibility index (Phi) is 4.86. The zero-order chi connectivity index (χ0) is 14.8. The highest BCUT2D eigenvalue weighted by Gasteiger charge is 2.45. The Morgan fingerprint density at radius 3 is 2.65 bits per heavy atom. The topological polar surface area (TPSA) is 49.3 Å². The number of hydrogen-bond donors (Lipinski definition) is 2. The van der Waals surface area contributed by atoms with Crippen LogP contribution in [0.15, 0.2) is 28.7 Å². The number of halogens is 1. The first-order valence-corrected chi connectivity index (χ1v) is 7.97. The van der Waals surface area contributed by atoms with Gasteiger partial charge < -0.3 is 10.4 Å². The number of carbonyl (C=O) groups is 1. The number of amides is 1. The third-order valence-electron chi connectivity index (χ3n) is 4.29. The molecule has 2 N–H and O–H groups in total. The van der Waals surface area contributed by atoms with E-state index in [1.807, 2.05) is 26.0 Å². The van der Waals surface area contributed by atoms with E-state index in [2.05, 4.69) is 33.4 Å². The second-order valence-corrected chi connectivity index (χ2v) is 6.79. The van der Waals surface area contributed by atoms with Crippen molar-refractivity contribution in [3.8, 4) is 0 Å². The van der Waals surface area contributed by atoms with Gasteiger partial charge in [-0.1, -0.05) is 35.0 Å². The van der Waals surface area contributed by atoms with E-state index >= 15 is 0 Å². The van der Waals surface area contributed by atoms with E-state index in [4.69, 9.17) is 5.11 Å². The lowest BCUT2D eigenvalue weighted by atomic mass is 9.94. The van der Waals surface area contributed by atoms with Crippen molar-refractivity contribution in [3.05, 3.63) is 34.3 Å². The minimum absolute atomic E-state index is 0.0840. The maximum Gasteiger partial charge on any atom is 0.224 e. The van der Waals surface area contributed by atoms with Crippen LogP contribution in [-0.2, 0) is 4.79 Å². The fourth-order valence-corrected chi connectivity index (χ4v) is 2.79. The largest absolute Gasteiger partial charge is 0.396 e. The van der Waals surface area contributed by atoms with Gasteiger partial charge in [0.1, 0.15) is 0 Å². The van der Waals surface area contributed by atoms with Crippen molar-refractivity contribution in [2.75, 3.05) is 6.61 Å². The number of carbonyl (C=O) groups excluding carboxylic acids is 1. The number of aliphatic hydroxyl groups is 1. The molecule has 1 aromatic rings. The van der Waals surface area contributed by atoms with E-state index in [0.717, 1.165) is 17.3 Å². The van der Waals surface area contributed by atoms with Gasteiger partial charge in [-0.25, -0.2) is 0 Å². The number of benzene rings is 1. The van der Waals surface area contributed by atoms with Gasteiger partial charge in [0.2, 0.25) is 5.91 Å². The second kappa shape index (κ2) is 6.27. The minimum atomic E-state index is -0.293. The Balaban J connectivity index is 1.94. The van der Waals surface area contributed by atoms with Gasteiger partial charge in [0, 0.05) is 22.5 Å². The molecule has 0 aliphatic heterocycles. The first kappa shape index (κ1) is 15.5. The van der Waals surface area contributed by atoms with E-state index in [1.54, 1.807) is 0 Å². The molecule has 1 aliphatic carbocycles. The number of aliphatic hydroxyl groups excluding tert-OH is 1. The van der Waals surface area contributed by atoms with Gasteiger partial charge in [-0.05, 0) is 49.8 Å². The summed E-state index contributed by atoms with van der Waals surface area (Å²) in [5, 5.41) is 12.2. The predicted octanol–water partition coefficient (Wildman–Crippen LogP) is 3.22. The summed E-state index contributed by atoms with van der Waals surface area (Å²) in [5.41, 5.74) is 0.937. The van der Waals surface area contributed by atoms with Crippen LogP contribution in [0.3, 0.4) is 0 Å². The molecule has 1 aliphatic rings. The van der Waals surface area contributed by atoms with Gasteiger partial charge in [0.15, 0.2) is 0 Å². The average molecular weight is 340 g/mol. The molecule has 1 fully saturated rings. The standard InChI is InChI=1S/C16H22BrNO2/c1-3-16(2,8-9-19)18-15(20)14-10-13(14)11-4-6-12(17)7-5-11/h4-7,13-14,19H,3,8-10H2,1-2H3,(H,18,20). The van der Waals surface area contributed by atoms with E-state index in [1.165, 1.54) is 5.56 Å². The summed E-state index contributed by atoms with van der Waals surface area (Å²) in [7, 11) is 0. The Morgan fingerprint density at radius 1 is 1.45 bits per heavy atom. The predicted molar refractivity (Wildman–Crippen MR) is 83.5 cm³/mol. The van der Waals surface area contributed by atoms with Crippen molar-refractivity contribution in [2.24, 2.45) is 5.92 Å². The smallest absolute Gasteiger partial charge is 0.224 e. The van der Waals surface area contributed by atoms with Crippen LogP contribution in [0.5, 0.6) is 0 Å². The summed E-state index contributed by atoms with van der Waals surface area (Å²) in [6.07, 6.45) is 2.35. The number of hydrogen-bond acceptors (Lipinski definition) is 2. The molecule has 20 heavy (non-hydrogen) atoms. The SMILES string of the molecule is CCC(C)(CCO)NC(=O)C1CC1c1ccc(Br)cc1. The monoisotopic (exact) mass is 339 g/mol. The highest BCUT2D eigenvalue weighted by Crippen LogP contribution is 2.48. The van der Waals surface area contributed by atoms with Gasteiger partial charge >= 0.3 is 0 Å². The maximum absolute atomic E-state index is 12.3. The molecule has 3 atom stereocenters. The molecule has 2 rings (SSSR count). The molecule has 1 amide bonds. The molecule has 4 heteroatoms. The lowest BCUT2D eigenvalue weighted by Crippen LogP contribution is -2.47. The Hall–Kier alpha value is -0.870. The molecule has 0 heterocycles. The molecular weight excluding hydrogens is 318 g/mol. The molecule has 0 saturated heterocycles. The fourth-order valence-electron chi connectivity index (χ4n) is 2.53. The Morgan fingerprint density at radius 2 is 2.10 bits per heavy atom.